The number of aromatic nitrogens is 7. The molecule has 0 aliphatic rings. The van der Waals surface area contributed by atoms with Crippen molar-refractivity contribution in [3.05, 3.63) is 65.0 Å². The van der Waals surface area contributed by atoms with Gasteiger partial charge in [0.2, 0.25) is 0 Å². The van der Waals surface area contributed by atoms with Gasteiger partial charge < -0.3 is 0 Å². The van der Waals surface area contributed by atoms with Crippen LogP contribution in [0.4, 0.5) is 0 Å². The number of nitrogens with zero attached hydrogens (tertiary/aromatic N) is 7. The number of rotatable bonds is 0. The first-order valence-corrected chi connectivity index (χ1v) is 11.2. The lowest BCUT2D eigenvalue weighted by Gasteiger charge is -2.07. The second-order valence-corrected chi connectivity index (χ2v) is 9.00. The van der Waals surface area contributed by atoms with Gasteiger partial charge in [-0.1, -0.05) is 0 Å². The van der Waals surface area contributed by atoms with Crippen LogP contribution in [-0.2, 0) is 0 Å². The number of hydrogen-bond donors (Lipinski definition) is 0. The molecule has 7 aromatic rings. The Morgan fingerprint density at radius 3 is 0.853 bits per heavy atom. The van der Waals surface area contributed by atoms with Crippen molar-refractivity contribution in [2.75, 3.05) is 0 Å². The van der Waals surface area contributed by atoms with E-state index in [1.165, 1.54) is 0 Å². The summed E-state index contributed by atoms with van der Waals surface area (Å²) in [7, 11) is 0. The van der Waals surface area contributed by atoms with E-state index in [1.54, 1.807) is 0 Å². The van der Waals surface area contributed by atoms with Crippen LogP contribution in [0.1, 0.15) is 22.5 Å². The summed E-state index contributed by atoms with van der Waals surface area (Å²) in [5.74, 6) is 0. The van der Waals surface area contributed by atoms with Gasteiger partial charge in [0.15, 0.2) is 33.9 Å². The highest BCUT2D eigenvalue weighted by atomic mass is 15.0. The first-order valence-electron chi connectivity index (χ1n) is 11.2. The summed E-state index contributed by atoms with van der Waals surface area (Å²) in [5, 5.41) is 5.83. The molecule has 7 heterocycles. The Morgan fingerprint density at radius 1 is 0.324 bits per heavy atom. The van der Waals surface area contributed by atoms with E-state index in [9.17, 15) is 0 Å². The Balaban J connectivity index is 1.50. The molecule has 7 aromatic heterocycles. The summed E-state index contributed by atoms with van der Waals surface area (Å²) in [4.78, 5) is 32.9. The fraction of sp³-hybridized carbons (Fsp3) is 0.148. The normalized spacial score (nSPS) is 12.1. The Bertz CT molecular complexity index is 1730. The Kier molecular flexibility index (Phi) is 3.69. The SMILES string of the molecule is Cc1cc2cc3cc4cc5cc6cc7cc(C)c(C)nc7nc6nc5nc4nc3nc2nc1C. The van der Waals surface area contributed by atoms with E-state index < -0.39 is 0 Å². The summed E-state index contributed by atoms with van der Waals surface area (Å²) >= 11 is 0. The van der Waals surface area contributed by atoms with Crippen molar-refractivity contribution < 1.29 is 0 Å². The third-order valence-corrected chi connectivity index (χ3v) is 6.60. The van der Waals surface area contributed by atoms with Gasteiger partial charge in [-0.2, -0.15) is 0 Å². The summed E-state index contributed by atoms with van der Waals surface area (Å²) < 4.78 is 0. The molecule has 0 spiro atoms. The van der Waals surface area contributed by atoms with Crippen LogP contribution < -0.4 is 0 Å². The van der Waals surface area contributed by atoms with Crippen LogP contribution >= 0.6 is 0 Å². The van der Waals surface area contributed by atoms with Crippen LogP contribution in [0.25, 0.3) is 66.2 Å². The first-order chi connectivity index (χ1) is 16.4. The minimum Gasteiger partial charge on any atom is -0.233 e. The molecule has 34 heavy (non-hydrogen) atoms. The van der Waals surface area contributed by atoms with Crippen molar-refractivity contribution in [3.63, 3.8) is 0 Å². The van der Waals surface area contributed by atoms with Gasteiger partial charge in [-0.25, -0.2) is 34.9 Å². The molecule has 162 valence electrons. The van der Waals surface area contributed by atoms with Gasteiger partial charge in [0.25, 0.3) is 0 Å². The summed E-state index contributed by atoms with van der Waals surface area (Å²) in [6.45, 7) is 8.12. The van der Waals surface area contributed by atoms with Crippen molar-refractivity contribution >= 4 is 66.2 Å². The van der Waals surface area contributed by atoms with E-state index in [0.29, 0.717) is 33.9 Å². The summed E-state index contributed by atoms with van der Waals surface area (Å²) in [6.07, 6.45) is 0. The van der Waals surface area contributed by atoms with Gasteiger partial charge in [0.05, 0.1) is 0 Å². The quantitative estimate of drug-likeness (QED) is 0.283. The Morgan fingerprint density at radius 2 is 0.559 bits per heavy atom. The van der Waals surface area contributed by atoms with E-state index in [1.807, 2.05) is 13.8 Å². The summed E-state index contributed by atoms with van der Waals surface area (Å²) in [5.41, 5.74) is 8.10. The lowest BCUT2D eigenvalue weighted by molar-refractivity contribution is 1.16. The molecule has 0 fully saturated rings. The molecule has 0 bridgehead atoms. The minimum atomic E-state index is 0.605. The molecule has 0 aliphatic heterocycles. The van der Waals surface area contributed by atoms with Crippen molar-refractivity contribution in [3.8, 4) is 0 Å². The highest BCUT2D eigenvalue weighted by Crippen LogP contribution is 2.27. The third-order valence-electron chi connectivity index (χ3n) is 6.60. The lowest BCUT2D eigenvalue weighted by Crippen LogP contribution is -1.96. The molecule has 0 N–H and O–H groups in total. The van der Waals surface area contributed by atoms with Crippen molar-refractivity contribution in [2.45, 2.75) is 27.7 Å². The third kappa shape index (κ3) is 2.80. The monoisotopic (exact) mass is 441 g/mol. The first kappa shape index (κ1) is 19.1. The second kappa shape index (κ2) is 6.57. The maximum atomic E-state index is 4.76. The molecule has 0 aliphatic carbocycles. The van der Waals surface area contributed by atoms with Crippen LogP contribution in [0.5, 0.6) is 0 Å². The number of fused-ring (bicyclic) bond motifs is 6. The molecule has 0 atom stereocenters. The predicted molar refractivity (Wildman–Crippen MR) is 135 cm³/mol. The highest BCUT2D eigenvalue weighted by Gasteiger charge is 2.11. The Hall–Kier alpha value is -4.39. The van der Waals surface area contributed by atoms with Crippen LogP contribution in [-0.4, -0.2) is 34.9 Å². The molecule has 0 aromatic carbocycles. The molecule has 7 rings (SSSR count). The maximum Gasteiger partial charge on any atom is 0.164 e. The number of hydrogen-bond acceptors (Lipinski definition) is 7. The van der Waals surface area contributed by atoms with Gasteiger partial charge in [0.1, 0.15) is 0 Å². The van der Waals surface area contributed by atoms with Gasteiger partial charge in [0, 0.05) is 43.7 Å². The van der Waals surface area contributed by atoms with E-state index in [0.717, 1.165) is 54.8 Å². The number of pyridine rings is 7. The zero-order valence-corrected chi connectivity index (χ0v) is 19.2. The van der Waals surface area contributed by atoms with Gasteiger partial charge >= 0.3 is 0 Å². The molecule has 0 unspecified atom stereocenters. The van der Waals surface area contributed by atoms with Gasteiger partial charge in [-0.3, -0.25) is 0 Å². The molecule has 0 radical (unpaired) electrons. The average molecular weight is 441 g/mol. The van der Waals surface area contributed by atoms with Crippen molar-refractivity contribution in [1.29, 1.82) is 0 Å². The maximum absolute atomic E-state index is 4.76. The fourth-order valence-electron chi connectivity index (χ4n) is 4.46. The largest absolute Gasteiger partial charge is 0.233 e. The Labute approximate surface area is 194 Å². The van der Waals surface area contributed by atoms with E-state index in [2.05, 4.69) is 66.3 Å². The zero-order chi connectivity index (χ0) is 23.1. The van der Waals surface area contributed by atoms with E-state index >= 15 is 0 Å². The molecular weight excluding hydrogens is 422 g/mol. The summed E-state index contributed by atoms with van der Waals surface area (Å²) in [6, 6.07) is 14.7. The topological polar surface area (TPSA) is 90.2 Å². The van der Waals surface area contributed by atoms with Crippen molar-refractivity contribution in [2.24, 2.45) is 0 Å². The molecule has 0 amide bonds. The average Bonchev–Trinajstić information content (AvgIpc) is 2.80. The standard InChI is InChI=1S/C27H19N7/c1-12-5-16-7-18-9-20-11-21-10-19-8-17-6-13(2)15(4)29-23(17)31-25(19)33-27(21)34-26(20)32-24(18)30-22(16)28-14(12)3/h5-11H,1-4H3. The van der Waals surface area contributed by atoms with Crippen LogP contribution in [0.3, 0.4) is 0 Å². The smallest absolute Gasteiger partial charge is 0.164 e. The molecule has 7 nitrogen and oxygen atoms in total. The highest BCUT2D eigenvalue weighted by molar-refractivity contribution is 6.01. The molecular formula is C27H19N7. The van der Waals surface area contributed by atoms with E-state index in [-0.39, 0.29) is 0 Å². The second-order valence-electron chi connectivity index (χ2n) is 9.00. The van der Waals surface area contributed by atoms with Crippen LogP contribution in [0, 0.1) is 27.7 Å². The molecule has 0 saturated heterocycles. The van der Waals surface area contributed by atoms with Gasteiger partial charge in [-0.15, -0.1) is 0 Å². The van der Waals surface area contributed by atoms with E-state index in [4.69, 9.17) is 24.9 Å². The lowest BCUT2D eigenvalue weighted by atomic mass is 10.1. The van der Waals surface area contributed by atoms with Gasteiger partial charge in [-0.05, 0) is 81.3 Å². The molecule has 7 heteroatoms. The van der Waals surface area contributed by atoms with Crippen LogP contribution in [0.2, 0.25) is 0 Å². The fourth-order valence-corrected chi connectivity index (χ4v) is 4.46. The molecule has 0 saturated carbocycles. The predicted octanol–water partition coefficient (Wildman–Crippen LogP) is 5.60. The number of aryl methyl sites for hydroxylation is 4. The van der Waals surface area contributed by atoms with Crippen LogP contribution in [0.15, 0.2) is 42.5 Å². The zero-order valence-electron chi connectivity index (χ0n) is 19.2. The van der Waals surface area contributed by atoms with Crippen molar-refractivity contribution in [1.82, 2.24) is 34.9 Å². The minimum absolute atomic E-state index is 0.605.